The Labute approximate surface area is 178 Å². The molecule has 6 heteroatoms. The summed E-state index contributed by atoms with van der Waals surface area (Å²) >= 11 is 6.37. The summed E-state index contributed by atoms with van der Waals surface area (Å²) in [4.78, 5) is 17.3. The number of ether oxygens (including phenoxy) is 1. The zero-order valence-corrected chi connectivity index (χ0v) is 18.2. The minimum Gasteiger partial charge on any atom is -0.497 e. The lowest BCUT2D eigenvalue weighted by Gasteiger charge is -2.40. The smallest absolute Gasteiger partial charge is 0.237 e. The zero-order valence-electron chi connectivity index (χ0n) is 17.4. The van der Waals surface area contributed by atoms with Crippen molar-refractivity contribution in [2.24, 2.45) is 0 Å². The van der Waals surface area contributed by atoms with Crippen molar-refractivity contribution in [1.82, 2.24) is 15.1 Å². The van der Waals surface area contributed by atoms with Gasteiger partial charge < -0.3 is 10.1 Å². The van der Waals surface area contributed by atoms with Gasteiger partial charge in [0, 0.05) is 43.8 Å². The highest BCUT2D eigenvalue weighted by molar-refractivity contribution is 6.31. The van der Waals surface area contributed by atoms with Gasteiger partial charge in [0.2, 0.25) is 5.91 Å². The lowest BCUT2D eigenvalue weighted by Crippen LogP contribution is -2.54. The standard InChI is InChI=1S/C23H30ClN3O2/c1-17(21-9-4-5-10-22(21)24)26-11-13-27(14-12-26)18(2)23(28)25-16-19-7-6-8-20(15-19)29-3/h4-10,15,17-18H,11-14,16H2,1-3H3,(H,25,28). The Hall–Kier alpha value is -2.08. The third-order valence-electron chi connectivity index (χ3n) is 5.78. The highest BCUT2D eigenvalue weighted by Gasteiger charge is 2.28. The van der Waals surface area contributed by atoms with Gasteiger partial charge in [-0.3, -0.25) is 14.6 Å². The number of amides is 1. The van der Waals surface area contributed by atoms with E-state index in [1.807, 2.05) is 49.4 Å². The Bertz CT molecular complexity index is 821. The molecule has 1 aliphatic heterocycles. The largest absolute Gasteiger partial charge is 0.497 e. The molecule has 1 amide bonds. The molecule has 1 saturated heterocycles. The van der Waals surface area contributed by atoms with Gasteiger partial charge in [-0.05, 0) is 43.2 Å². The van der Waals surface area contributed by atoms with Crippen LogP contribution in [0.25, 0.3) is 0 Å². The summed E-state index contributed by atoms with van der Waals surface area (Å²) in [5, 5.41) is 3.86. The van der Waals surface area contributed by atoms with E-state index >= 15 is 0 Å². The van der Waals surface area contributed by atoms with E-state index in [1.165, 1.54) is 0 Å². The second kappa shape index (κ2) is 10.1. The van der Waals surface area contributed by atoms with E-state index in [4.69, 9.17) is 16.3 Å². The number of benzene rings is 2. The van der Waals surface area contributed by atoms with E-state index in [-0.39, 0.29) is 18.0 Å². The molecule has 0 aliphatic carbocycles. The first-order valence-electron chi connectivity index (χ1n) is 10.1. The molecule has 2 aromatic carbocycles. The molecule has 0 spiro atoms. The number of methoxy groups -OCH3 is 1. The topological polar surface area (TPSA) is 44.8 Å². The third-order valence-corrected chi connectivity index (χ3v) is 6.12. The number of hydrogen-bond acceptors (Lipinski definition) is 4. The van der Waals surface area contributed by atoms with Crippen LogP contribution in [0.1, 0.15) is 31.0 Å². The molecular formula is C23H30ClN3O2. The molecule has 29 heavy (non-hydrogen) atoms. The maximum absolute atomic E-state index is 12.6. The van der Waals surface area contributed by atoms with Crippen LogP contribution < -0.4 is 10.1 Å². The van der Waals surface area contributed by atoms with Crippen molar-refractivity contribution in [1.29, 1.82) is 0 Å². The van der Waals surface area contributed by atoms with Gasteiger partial charge in [0.1, 0.15) is 5.75 Å². The van der Waals surface area contributed by atoms with Crippen LogP contribution in [0.4, 0.5) is 0 Å². The molecule has 1 aliphatic rings. The van der Waals surface area contributed by atoms with E-state index in [2.05, 4.69) is 28.1 Å². The van der Waals surface area contributed by atoms with Crippen molar-refractivity contribution < 1.29 is 9.53 Å². The van der Waals surface area contributed by atoms with Crippen molar-refractivity contribution in [3.05, 3.63) is 64.7 Å². The van der Waals surface area contributed by atoms with E-state index < -0.39 is 0 Å². The quantitative estimate of drug-likeness (QED) is 0.748. The van der Waals surface area contributed by atoms with Crippen LogP contribution >= 0.6 is 11.6 Å². The number of rotatable bonds is 7. The van der Waals surface area contributed by atoms with Crippen LogP contribution in [0.15, 0.2) is 48.5 Å². The Morgan fingerprint density at radius 2 is 1.76 bits per heavy atom. The zero-order chi connectivity index (χ0) is 20.8. The van der Waals surface area contributed by atoms with Gasteiger partial charge in [-0.2, -0.15) is 0 Å². The maximum atomic E-state index is 12.6. The van der Waals surface area contributed by atoms with Crippen molar-refractivity contribution >= 4 is 17.5 Å². The van der Waals surface area contributed by atoms with Gasteiger partial charge in [0.05, 0.1) is 13.2 Å². The first kappa shape index (κ1) is 21.6. The second-order valence-electron chi connectivity index (χ2n) is 7.51. The van der Waals surface area contributed by atoms with Gasteiger partial charge in [-0.15, -0.1) is 0 Å². The van der Waals surface area contributed by atoms with Crippen LogP contribution in [0.3, 0.4) is 0 Å². The van der Waals surface area contributed by atoms with Crippen molar-refractivity contribution in [2.45, 2.75) is 32.5 Å². The molecule has 2 aromatic rings. The molecule has 0 bridgehead atoms. The van der Waals surface area contributed by atoms with Gasteiger partial charge in [-0.1, -0.05) is 41.9 Å². The number of nitrogens with zero attached hydrogens (tertiary/aromatic N) is 2. The summed E-state index contributed by atoms with van der Waals surface area (Å²) in [6.07, 6.45) is 0. The molecule has 0 saturated carbocycles. The molecule has 2 unspecified atom stereocenters. The minimum absolute atomic E-state index is 0.0559. The fraction of sp³-hybridized carbons (Fsp3) is 0.435. The Morgan fingerprint density at radius 1 is 1.07 bits per heavy atom. The molecule has 156 valence electrons. The average Bonchev–Trinajstić information content (AvgIpc) is 2.77. The van der Waals surface area contributed by atoms with E-state index in [9.17, 15) is 4.79 Å². The van der Waals surface area contributed by atoms with Gasteiger partial charge in [0.15, 0.2) is 0 Å². The Balaban J connectivity index is 1.49. The maximum Gasteiger partial charge on any atom is 0.237 e. The Kier molecular flexibility index (Phi) is 7.53. The molecule has 1 fully saturated rings. The Morgan fingerprint density at radius 3 is 2.45 bits per heavy atom. The lowest BCUT2D eigenvalue weighted by molar-refractivity contribution is -0.126. The summed E-state index contributed by atoms with van der Waals surface area (Å²) in [5.74, 6) is 0.856. The molecule has 0 radical (unpaired) electrons. The SMILES string of the molecule is COc1cccc(CNC(=O)C(C)N2CCN(C(C)c3ccccc3Cl)CC2)c1. The predicted molar refractivity (Wildman–Crippen MR) is 117 cm³/mol. The molecule has 0 aromatic heterocycles. The van der Waals surface area contributed by atoms with Crippen molar-refractivity contribution in [3.63, 3.8) is 0 Å². The summed E-state index contributed by atoms with van der Waals surface area (Å²) < 4.78 is 5.24. The van der Waals surface area contributed by atoms with E-state index in [0.29, 0.717) is 6.54 Å². The van der Waals surface area contributed by atoms with Crippen LogP contribution in [0.5, 0.6) is 5.75 Å². The number of carbonyl (C=O) groups is 1. The van der Waals surface area contributed by atoms with Crippen molar-refractivity contribution in [3.8, 4) is 5.75 Å². The van der Waals surface area contributed by atoms with Gasteiger partial charge >= 0.3 is 0 Å². The summed E-state index contributed by atoms with van der Waals surface area (Å²) in [7, 11) is 1.64. The molecule has 1 heterocycles. The monoisotopic (exact) mass is 415 g/mol. The van der Waals surface area contributed by atoms with E-state index in [0.717, 1.165) is 48.1 Å². The van der Waals surface area contributed by atoms with Gasteiger partial charge in [0.25, 0.3) is 0 Å². The molecule has 5 nitrogen and oxygen atoms in total. The number of halogens is 1. The minimum atomic E-state index is -0.154. The highest BCUT2D eigenvalue weighted by Crippen LogP contribution is 2.28. The lowest BCUT2D eigenvalue weighted by atomic mass is 10.1. The molecule has 1 N–H and O–H groups in total. The van der Waals surface area contributed by atoms with Crippen LogP contribution in [-0.2, 0) is 11.3 Å². The first-order chi connectivity index (χ1) is 14.0. The predicted octanol–water partition coefficient (Wildman–Crippen LogP) is 3.73. The van der Waals surface area contributed by atoms with Crippen LogP contribution in [0.2, 0.25) is 5.02 Å². The number of carbonyl (C=O) groups excluding carboxylic acids is 1. The molecular weight excluding hydrogens is 386 g/mol. The van der Waals surface area contributed by atoms with Crippen molar-refractivity contribution in [2.75, 3.05) is 33.3 Å². The average molecular weight is 416 g/mol. The molecule has 2 atom stereocenters. The van der Waals surface area contributed by atoms with Gasteiger partial charge in [-0.25, -0.2) is 0 Å². The second-order valence-corrected chi connectivity index (χ2v) is 7.92. The normalized spacial score (nSPS) is 17.5. The van der Waals surface area contributed by atoms with E-state index in [1.54, 1.807) is 7.11 Å². The third kappa shape index (κ3) is 5.50. The number of hydrogen-bond donors (Lipinski definition) is 1. The number of piperazine rings is 1. The fourth-order valence-corrected chi connectivity index (χ4v) is 4.10. The summed E-state index contributed by atoms with van der Waals surface area (Å²) in [5.41, 5.74) is 2.19. The summed E-state index contributed by atoms with van der Waals surface area (Å²) in [6.45, 7) is 8.24. The summed E-state index contributed by atoms with van der Waals surface area (Å²) in [6, 6.07) is 15.9. The molecule has 3 rings (SSSR count). The first-order valence-corrected chi connectivity index (χ1v) is 10.5. The van der Waals surface area contributed by atoms with Crippen LogP contribution in [0, 0.1) is 0 Å². The fourth-order valence-electron chi connectivity index (χ4n) is 3.81. The number of nitrogens with one attached hydrogen (secondary N) is 1. The highest BCUT2D eigenvalue weighted by atomic mass is 35.5. The van der Waals surface area contributed by atoms with Crippen LogP contribution in [-0.4, -0.2) is 55.0 Å².